The molecule has 3 heterocycles. The summed E-state index contributed by atoms with van der Waals surface area (Å²) in [6.07, 6.45) is 0.530. The quantitative estimate of drug-likeness (QED) is 0.649. The van der Waals surface area contributed by atoms with Gasteiger partial charge in [-0.05, 0) is 12.1 Å². The first-order valence-corrected chi connectivity index (χ1v) is 10.1. The van der Waals surface area contributed by atoms with Crippen LogP contribution in [0, 0.1) is 0 Å². The molecule has 31 heavy (non-hydrogen) atoms. The number of halogens is 2. The lowest BCUT2D eigenvalue weighted by Gasteiger charge is -2.23. The zero-order valence-electron chi connectivity index (χ0n) is 17.0. The van der Waals surface area contributed by atoms with Crippen LogP contribution in [0.1, 0.15) is 27.4 Å². The van der Waals surface area contributed by atoms with Crippen molar-refractivity contribution in [3.8, 4) is 11.3 Å². The van der Waals surface area contributed by atoms with E-state index in [1.165, 1.54) is 20.7 Å². The van der Waals surface area contributed by atoms with Gasteiger partial charge in [-0.3, -0.25) is 14.7 Å². The van der Waals surface area contributed by atoms with Crippen molar-refractivity contribution < 1.29 is 14.0 Å². The van der Waals surface area contributed by atoms with Gasteiger partial charge in [0.25, 0.3) is 11.8 Å². The number of H-pyrrole nitrogens is 1. The fraction of sp³-hybridized carbons (Fsp3) is 0.350. The van der Waals surface area contributed by atoms with E-state index >= 15 is 0 Å². The number of amides is 2. The first kappa shape index (κ1) is 21.0. The second kappa shape index (κ2) is 8.46. The van der Waals surface area contributed by atoms with Crippen molar-refractivity contribution in [2.75, 3.05) is 20.6 Å². The minimum absolute atomic E-state index is 0.0257. The van der Waals surface area contributed by atoms with Gasteiger partial charge in [0.1, 0.15) is 11.9 Å². The van der Waals surface area contributed by atoms with E-state index in [1.807, 2.05) is 12.1 Å². The average Bonchev–Trinajstić information content (AvgIpc) is 3.47. The fourth-order valence-electron chi connectivity index (χ4n) is 3.60. The zero-order chi connectivity index (χ0) is 22.1. The van der Waals surface area contributed by atoms with Crippen LogP contribution in [0.5, 0.6) is 0 Å². The number of nitrogens with zero attached hydrogens (tertiary/aromatic N) is 6. The Labute approximate surface area is 182 Å². The highest BCUT2D eigenvalue weighted by molar-refractivity contribution is 6.33. The van der Waals surface area contributed by atoms with Crippen LogP contribution in [0.2, 0.25) is 5.02 Å². The van der Waals surface area contributed by atoms with Crippen LogP contribution in [0.25, 0.3) is 11.3 Å². The van der Waals surface area contributed by atoms with Gasteiger partial charge in [0.2, 0.25) is 0 Å². The van der Waals surface area contributed by atoms with Gasteiger partial charge in [-0.25, -0.2) is 9.07 Å². The maximum atomic E-state index is 14.2. The summed E-state index contributed by atoms with van der Waals surface area (Å²) in [5.74, 6) is -0.640. The molecule has 1 N–H and O–H groups in total. The van der Waals surface area contributed by atoms with Crippen molar-refractivity contribution in [1.29, 1.82) is 0 Å². The number of carbonyl (C=O) groups excluding carboxylic acids is 2. The number of aromatic amines is 1. The molecular weight excluding hydrogens is 425 g/mol. The van der Waals surface area contributed by atoms with Crippen LogP contribution >= 0.6 is 11.6 Å². The number of likely N-dealkylation sites (tertiary alicyclic amines) is 1. The Hall–Kier alpha value is -3.27. The molecule has 162 valence electrons. The SMILES string of the molecule is CN(C)C(=O)c1cn(C[C@@H]2C[C@H](F)CN2C(=O)c2cc(-c3ccccc3Cl)n[nH]2)nn1. The third kappa shape index (κ3) is 4.29. The van der Waals surface area contributed by atoms with Crippen LogP contribution in [0.4, 0.5) is 4.39 Å². The van der Waals surface area contributed by atoms with E-state index < -0.39 is 12.2 Å². The number of nitrogens with one attached hydrogen (secondary N) is 1. The Morgan fingerprint density at radius 3 is 2.84 bits per heavy atom. The van der Waals surface area contributed by atoms with Gasteiger partial charge < -0.3 is 9.80 Å². The van der Waals surface area contributed by atoms with Gasteiger partial charge in [-0.2, -0.15) is 5.10 Å². The van der Waals surface area contributed by atoms with Gasteiger partial charge in [0, 0.05) is 26.1 Å². The van der Waals surface area contributed by atoms with Crippen LogP contribution in [-0.2, 0) is 6.54 Å². The van der Waals surface area contributed by atoms with Gasteiger partial charge in [-0.1, -0.05) is 35.0 Å². The molecule has 2 atom stereocenters. The third-order valence-corrected chi connectivity index (χ3v) is 5.47. The van der Waals surface area contributed by atoms with Gasteiger partial charge in [0.15, 0.2) is 5.69 Å². The largest absolute Gasteiger partial charge is 0.343 e. The van der Waals surface area contributed by atoms with Crippen molar-refractivity contribution >= 4 is 23.4 Å². The highest BCUT2D eigenvalue weighted by Gasteiger charge is 2.37. The molecular formula is C20H21ClFN7O2. The summed E-state index contributed by atoms with van der Waals surface area (Å²) in [6.45, 7) is 0.202. The van der Waals surface area contributed by atoms with Crippen LogP contribution < -0.4 is 0 Å². The normalized spacial score (nSPS) is 18.4. The summed E-state index contributed by atoms with van der Waals surface area (Å²) >= 11 is 6.21. The molecule has 0 saturated carbocycles. The van der Waals surface area contributed by atoms with Crippen molar-refractivity contribution in [2.24, 2.45) is 0 Å². The van der Waals surface area contributed by atoms with E-state index in [-0.39, 0.29) is 42.7 Å². The second-order valence-corrected chi connectivity index (χ2v) is 8.02. The van der Waals surface area contributed by atoms with Crippen LogP contribution in [-0.4, -0.2) is 79.7 Å². The predicted molar refractivity (Wildman–Crippen MR) is 111 cm³/mol. The maximum absolute atomic E-state index is 14.2. The van der Waals surface area contributed by atoms with Crippen molar-refractivity contribution in [1.82, 2.24) is 35.0 Å². The molecule has 9 nitrogen and oxygen atoms in total. The molecule has 1 aromatic carbocycles. The average molecular weight is 446 g/mol. The minimum atomic E-state index is -1.15. The summed E-state index contributed by atoms with van der Waals surface area (Å²) in [4.78, 5) is 27.9. The lowest BCUT2D eigenvalue weighted by Crippen LogP contribution is -2.38. The van der Waals surface area contributed by atoms with Crippen molar-refractivity contribution in [3.63, 3.8) is 0 Å². The summed E-state index contributed by atoms with van der Waals surface area (Å²) in [5.41, 5.74) is 1.66. The van der Waals surface area contributed by atoms with E-state index in [9.17, 15) is 14.0 Å². The first-order valence-electron chi connectivity index (χ1n) is 9.70. The molecule has 2 aromatic heterocycles. The number of carbonyl (C=O) groups is 2. The number of rotatable bonds is 5. The summed E-state index contributed by atoms with van der Waals surface area (Å²) in [6, 6.07) is 8.36. The number of hydrogen-bond acceptors (Lipinski definition) is 5. The summed E-state index contributed by atoms with van der Waals surface area (Å²) in [5, 5.41) is 15.3. The summed E-state index contributed by atoms with van der Waals surface area (Å²) in [7, 11) is 3.24. The molecule has 11 heteroatoms. The van der Waals surface area contributed by atoms with E-state index in [1.54, 1.807) is 32.3 Å². The van der Waals surface area contributed by atoms with E-state index in [2.05, 4.69) is 20.5 Å². The molecule has 0 bridgehead atoms. The topological polar surface area (TPSA) is 100 Å². The molecule has 4 rings (SSSR count). The van der Waals surface area contributed by atoms with Crippen molar-refractivity contribution in [3.05, 3.63) is 52.9 Å². The van der Waals surface area contributed by atoms with Crippen molar-refractivity contribution in [2.45, 2.75) is 25.2 Å². The lowest BCUT2D eigenvalue weighted by molar-refractivity contribution is 0.0708. The number of aromatic nitrogens is 5. The molecule has 0 unspecified atom stereocenters. The molecule has 1 fully saturated rings. The van der Waals surface area contributed by atoms with Gasteiger partial charge in [-0.15, -0.1) is 5.10 Å². The second-order valence-electron chi connectivity index (χ2n) is 7.62. The molecule has 0 spiro atoms. The van der Waals surface area contributed by atoms with Crippen LogP contribution in [0.3, 0.4) is 0 Å². The molecule has 1 aliphatic rings. The Morgan fingerprint density at radius 2 is 2.10 bits per heavy atom. The Morgan fingerprint density at radius 1 is 1.32 bits per heavy atom. The molecule has 1 aliphatic heterocycles. The smallest absolute Gasteiger partial charge is 0.275 e. The standard InChI is InChI=1S/C20H21ClFN7O2/c1-27(2)19(30)18-11-28(26-25-18)10-13-7-12(22)9-29(13)20(31)17-8-16(23-24-17)14-5-3-4-6-15(14)21/h3-6,8,11-13H,7,9-10H2,1-2H3,(H,23,24)/t12-,13-/m0/s1. The predicted octanol–water partition coefficient (Wildman–Crippen LogP) is 2.28. The third-order valence-electron chi connectivity index (χ3n) is 5.14. The Kier molecular flexibility index (Phi) is 5.73. The molecule has 3 aromatic rings. The fourth-order valence-corrected chi connectivity index (χ4v) is 3.84. The monoisotopic (exact) mass is 445 g/mol. The lowest BCUT2D eigenvalue weighted by atomic mass is 10.1. The van der Waals surface area contributed by atoms with E-state index in [0.717, 1.165) is 0 Å². The van der Waals surface area contributed by atoms with Gasteiger partial charge in [0.05, 0.1) is 36.0 Å². The van der Waals surface area contributed by atoms with E-state index in [4.69, 9.17) is 11.6 Å². The number of alkyl halides is 1. The number of hydrogen-bond donors (Lipinski definition) is 1. The molecule has 2 amide bonds. The highest BCUT2D eigenvalue weighted by Crippen LogP contribution is 2.28. The Bertz CT molecular complexity index is 1110. The summed E-state index contributed by atoms with van der Waals surface area (Å²) < 4.78 is 15.7. The first-order chi connectivity index (χ1) is 14.8. The zero-order valence-corrected chi connectivity index (χ0v) is 17.8. The molecule has 0 radical (unpaired) electrons. The molecule has 1 saturated heterocycles. The van der Waals surface area contributed by atoms with Crippen LogP contribution in [0.15, 0.2) is 36.5 Å². The Balaban J connectivity index is 1.51. The number of benzene rings is 1. The van der Waals surface area contributed by atoms with E-state index in [0.29, 0.717) is 16.3 Å². The van der Waals surface area contributed by atoms with Gasteiger partial charge >= 0.3 is 0 Å². The maximum Gasteiger partial charge on any atom is 0.275 e. The molecule has 0 aliphatic carbocycles. The minimum Gasteiger partial charge on any atom is -0.343 e. The highest BCUT2D eigenvalue weighted by atomic mass is 35.5.